The Labute approximate surface area is 136 Å². The third-order valence-electron chi connectivity index (χ3n) is 3.35. The zero-order valence-corrected chi connectivity index (χ0v) is 13.6. The summed E-state index contributed by atoms with van der Waals surface area (Å²) in [5, 5.41) is 3.61. The number of amides is 1. The number of nitrogens with one attached hydrogen (secondary N) is 1. The topological polar surface area (TPSA) is 38.3 Å². The lowest BCUT2D eigenvalue weighted by Crippen LogP contribution is -2.27. The van der Waals surface area contributed by atoms with Crippen molar-refractivity contribution in [2.24, 2.45) is 0 Å². The van der Waals surface area contributed by atoms with Gasteiger partial charge < -0.3 is 10.1 Å². The molecule has 0 aliphatic heterocycles. The molecule has 1 atom stereocenters. The molecular weight excluding hydrogens is 298 g/mol. The van der Waals surface area contributed by atoms with E-state index in [2.05, 4.69) is 5.32 Å². The summed E-state index contributed by atoms with van der Waals surface area (Å²) in [6.45, 7) is 4.32. The second-order valence-electron chi connectivity index (χ2n) is 5.26. The molecule has 0 bridgehead atoms. The van der Waals surface area contributed by atoms with Gasteiger partial charge in [-0.05, 0) is 43.7 Å². The Morgan fingerprint density at radius 2 is 1.95 bits per heavy atom. The number of rotatable bonds is 6. The van der Waals surface area contributed by atoms with Crippen LogP contribution in [0.5, 0.6) is 5.75 Å². The molecule has 0 aromatic heterocycles. The van der Waals surface area contributed by atoms with E-state index >= 15 is 0 Å². The van der Waals surface area contributed by atoms with Crippen LogP contribution in [0, 0.1) is 6.92 Å². The van der Waals surface area contributed by atoms with Crippen molar-refractivity contribution >= 4 is 17.5 Å². The molecule has 0 aliphatic rings. The van der Waals surface area contributed by atoms with Crippen molar-refractivity contribution in [3.05, 3.63) is 64.7 Å². The molecule has 2 aromatic carbocycles. The maximum Gasteiger partial charge on any atom is 0.223 e. The Morgan fingerprint density at radius 1 is 1.23 bits per heavy atom. The van der Waals surface area contributed by atoms with Gasteiger partial charge in [0.25, 0.3) is 0 Å². The van der Waals surface area contributed by atoms with Gasteiger partial charge in [-0.1, -0.05) is 41.4 Å². The van der Waals surface area contributed by atoms with Crippen molar-refractivity contribution in [1.82, 2.24) is 5.32 Å². The Hall–Kier alpha value is -2.00. The van der Waals surface area contributed by atoms with Gasteiger partial charge in [0.2, 0.25) is 5.91 Å². The molecule has 0 saturated heterocycles. The van der Waals surface area contributed by atoms with E-state index in [1.54, 1.807) is 0 Å². The lowest BCUT2D eigenvalue weighted by molar-refractivity contribution is -0.122. The van der Waals surface area contributed by atoms with E-state index < -0.39 is 0 Å². The minimum atomic E-state index is -0.0782. The smallest absolute Gasteiger partial charge is 0.223 e. The molecule has 116 valence electrons. The molecule has 1 N–H and O–H groups in total. The van der Waals surface area contributed by atoms with Crippen LogP contribution in [-0.4, -0.2) is 12.5 Å². The lowest BCUT2D eigenvalue weighted by Gasteiger charge is -2.15. The first-order valence-electron chi connectivity index (χ1n) is 7.29. The van der Waals surface area contributed by atoms with Crippen LogP contribution in [0.15, 0.2) is 48.5 Å². The zero-order valence-electron chi connectivity index (χ0n) is 12.8. The average Bonchev–Trinajstić information content (AvgIpc) is 2.49. The van der Waals surface area contributed by atoms with E-state index in [0.29, 0.717) is 18.1 Å². The van der Waals surface area contributed by atoms with Gasteiger partial charge in [-0.25, -0.2) is 0 Å². The summed E-state index contributed by atoms with van der Waals surface area (Å²) in [4.78, 5) is 11.9. The summed E-state index contributed by atoms with van der Waals surface area (Å²) in [5.74, 6) is 0.737. The van der Waals surface area contributed by atoms with Crippen molar-refractivity contribution in [2.75, 3.05) is 6.61 Å². The van der Waals surface area contributed by atoms with Gasteiger partial charge in [0.15, 0.2) is 0 Å². The SMILES string of the molecule is Cc1ccc(OCCC(=O)N[C@@H](C)c2cccc(Cl)c2)cc1. The molecule has 0 saturated carbocycles. The van der Waals surface area contributed by atoms with Crippen LogP contribution in [-0.2, 0) is 4.79 Å². The molecule has 0 fully saturated rings. The van der Waals surface area contributed by atoms with E-state index in [1.165, 1.54) is 5.56 Å². The summed E-state index contributed by atoms with van der Waals surface area (Å²) in [6, 6.07) is 15.2. The number of halogens is 1. The highest BCUT2D eigenvalue weighted by atomic mass is 35.5. The van der Waals surface area contributed by atoms with Crippen molar-refractivity contribution in [3.8, 4) is 5.75 Å². The summed E-state index contributed by atoms with van der Waals surface area (Å²) in [6.07, 6.45) is 0.318. The summed E-state index contributed by atoms with van der Waals surface area (Å²) < 4.78 is 5.56. The minimum absolute atomic E-state index is 0.0420. The van der Waals surface area contributed by atoms with E-state index in [9.17, 15) is 4.79 Å². The standard InChI is InChI=1S/C18H20ClNO2/c1-13-6-8-17(9-7-13)22-11-10-18(21)20-14(2)15-4-3-5-16(19)12-15/h3-9,12,14H,10-11H2,1-2H3,(H,20,21)/t14-/m0/s1. The van der Waals surface area contributed by atoms with Crippen LogP contribution < -0.4 is 10.1 Å². The highest BCUT2D eigenvalue weighted by Crippen LogP contribution is 2.17. The summed E-state index contributed by atoms with van der Waals surface area (Å²) >= 11 is 5.96. The Kier molecular flexibility index (Phi) is 5.84. The molecule has 0 unspecified atom stereocenters. The normalized spacial score (nSPS) is 11.8. The third-order valence-corrected chi connectivity index (χ3v) is 3.58. The van der Waals surface area contributed by atoms with Crippen LogP contribution in [0.2, 0.25) is 5.02 Å². The number of hydrogen-bond acceptors (Lipinski definition) is 2. The molecule has 2 aromatic rings. The number of carbonyl (C=O) groups is 1. The molecule has 4 heteroatoms. The predicted octanol–water partition coefficient (Wildman–Crippen LogP) is 4.29. The van der Waals surface area contributed by atoms with E-state index in [-0.39, 0.29) is 11.9 Å². The van der Waals surface area contributed by atoms with Crippen molar-refractivity contribution in [2.45, 2.75) is 26.3 Å². The molecule has 0 spiro atoms. The molecule has 0 aliphatic carbocycles. The number of ether oxygens (including phenoxy) is 1. The van der Waals surface area contributed by atoms with Crippen LogP contribution in [0.3, 0.4) is 0 Å². The number of hydrogen-bond donors (Lipinski definition) is 1. The van der Waals surface area contributed by atoms with Crippen LogP contribution in [0.1, 0.15) is 30.5 Å². The van der Waals surface area contributed by atoms with Gasteiger partial charge in [-0.15, -0.1) is 0 Å². The second-order valence-corrected chi connectivity index (χ2v) is 5.69. The van der Waals surface area contributed by atoms with Crippen molar-refractivity contribution in [1.29, 1.82) is 0 Å². The maximum absolute atomic E-state index is 11.9. The third kappa shape index (κ3) is 5.08. The second kappa shape index (κ2) is 7.85. The number of benzene rings is 2. The summed E-state index contributed by atoms with van der Waals surface area (Å²) in [5.41, 5.74) is 2.17. The zero-order chi connectivity index (χ0) is 15.9. The molecular formula is C18H20ClNO2. The van der Waals surface area contributed by atoms with E-state index in [0.717, 1.165) is 11.3 Å². The molecule has 0 radical (unpaired) electrons. The van der Waals surface area contributed by atoms with Crippen LogP contribution >= 0.6 is 11.6 Å². The molecule has 2 rings (SSSR count). The first kappa shape index (κ1) is 16.4. The molecule has 0 heterocycles. The van der Waals surface area contributed by atoms with Crippen LogP contribution in [0.4, 0.5) is 0 Å². The van der Waals surface area contributed by atoms with Gasteiger partial charge in [0.05, 0.1) is 19.1 Å². The lowest BCUT2D eigenvalue weighted by atomic mass is 10.1. The predicted molar refractivity (Wildman–Crippen MR) is 89.3 cm³/mol. The number of aryl methyl sites for hydroxylation is 1. The fourth-order valence-corrected chi connectivity index (χ4v) is 2.27. The largest absolute Gasteiger partial charge is 0.493 e. The van der Waals surface area contributed by atoms with Crippen molar-refractivity contribution < 1.29 is 9.53 Å². The van der Waals surface area contributed by atoms with E-state index in [4.69, 9.17) is 16.3 Å². The first-order chi connectivity index (χ1) is 10.5. The maximum atomic E-state index is 11.9. The Bertz CT molecular complexity index is 625. The van der Waals surface area contributed by atoms with Gasteiger partial charge in [0.1, 0.15) is 5.75 Å². The van der Waals surface area contributed by atoms with Gasteiger partial charge >= 0.3 is 0 Å². The summed E-state index contributed by atoms with van der Waals surface area (Å²) in [7, 11) is 0. The Balaban J connectivity index is 1.76. The molecule has 3 nitrogen and oxygen atoms in total. The number of carbonyl (C=O) groups excluding carboxylic acids is 1. The minimum Gasteiger partial charge on any atom is -0.493 e. The highest BCUT2D eigenvalue weighted by molar-refractivity contribution is 6.30. The van der Waals surface area contributed by atoms with Gasteiger partial charge in [0, 0.05) is 5.02 Å². The molecule has 22 heavy (non-hydrogen) atoms. The quantitative estimate of drug-likeness (QED) is 0.863. The monoisotopic (exact) mass is 317 g/mol. The van der Waals surface area contributed by atoms with Gasteiger partial charge in [-0.3, -0.25) is 4.79 Å². The fraction of sp³-hybridized carbons (Fsp3) is 0.278. The highest BCUT2D eigenvalue weighted by Gasteiger charge is 2.10. The van der Waals surface area contributed by atoms with Crippen molar-refractivity contribution in [3.63, 3.8) is 0 Å². The van der Waals surface area contributed by atoms with Gasteiger partial charge in [-0.2, -0.15) is 0 Å². The first-order valence-corrected chi connectivity index (χ1v) is 7.66. The Morgan fingerprint density at radius 3 is 2.64 bits per heavy atom. The molecule has 1 amide bonds. The van der Waals surface area contributed by atoms with E-state index in [1.807, 2.05) is 62.4 Å². The fourth-order valence-electron chi connectivity index (χ4n) is 2.07. The average molecular weight is 318 g/mol. The van der Waals surface area contributed by atoms with Crippen LogP contribution in [0.25, 0.3) is 0 Å².